The molecule has 0 amide bonds. The van der Waals surface area contributed by atoms with Gasteiger partial charge in [-0.05, 0) is 45.0 Å². The minimum absolute atomic E-state index is 0.176. The number of hydrogen-bond donors (Lipinski definition) is 0. The van der Waals surface area contributed by atoms with Crippen LogP contribution in [0.1, 0.15) is 34.1 Å². The fraction of sp³-hybridized carbons (Fsp3) is 0.381. The van der Waals surface area contributed by atoms with Crippen molar-refractivity contribution in [2.45, 2.75) is 34.1 Å². The first-order valence-electron chi connectivity index (χ1n) is 10.4. The number of benzene rings is 2. The maximum Gasteiger partial charge on any atom is 0.310 e. The van der Waals surface area contributed by atoms with Gasteiger partial charge in [-0.15, -0.1) is 0 Å². The van der Waals surface area contributed by atoms with Gasteiger partial charge in [0.15, 0.2) is 0 Å². The van der Waals surface area contributed by atoms with E-state index in [0.29, 0.717) is 24.3 Å². The van der Waals surface area contributed by atoms with Gasteiger partial charge in [-0.1, -0.05) is 6.92 Å². The zero-order chi connectivity index (χ0) is 26.1. The third-order valence-electron chi connectivity index (χ3n) is 5.36. The summed E-state index contributed by atoms with van der Waals surface area (Å²) < 4.78 is 5.21. The Kier molecular flexibility index (Phi) is 10.5. The molecule has 0 spiro atoms. The summed E-state index contributed by atoms with van der Waals surface area (Å²) in [5, 5.41) is 43.6. The van der Waals surface area contributed by atoms with Crippen LogP contribution in [0.5, 0.6) is 11.5 Å². The van der Waals surface area contributed by atoms with Gasteiger partial charge >= 0.3 is 5.97 Å². The van der Waals surface area contributed by atoms with Crippen LogP contribution in [0, 0.1) is 30.3 Å². The van der Waals surface area contributed by atoms with Gasteiger partial charge in [0.25, 0.3) is 17.1 Å². The Labute approximate surface area is 196 Å². The van der Waals surface area contributed by atoms with Gasteiger partial charge in [0.2, 0.25) is 0 Å². The van der Waals surface area contributed by atoms with Crippen LogP contribution in [0.4, 0.5) is 17.1 Å². The summed E-state index contributed by atoms with van der Waals surface area (Å²) in [6.07, 6.45) is 4.15. The van der Waals surface area contributed by atoms with Crippen LogP contribution < -0.4 is 15.1 Å². The van der Waals surface area contributed by atoms with Gasteiger partial charge in [-0.3, -0.25) is 35.1 Å². The molecule has 184 valence electrons. The molecule has 13 heteroatoms. The van der Waals surface area contributed by atoms with Crippen molar-refractivity contribution in [1.82, 2.24) is 0 Å². The van der Waals surface area contributed by atoms with Crippen LogP contribution in [0.15, 0.2) is 36.4 Å². The van der Waals surface area contributed by atoms with E-state index in [9.17, 15) is 40.2 Å². The lowest BCUT2D eigenvalue weighted by Crippen LogP contribution is -2.17. The quantitative estimate of drug-likeness (QED) is 0.162. The van der Waals surface area contributed by atoms with Crippen molar-refractivity contribution in [3.63, 3.8) is 0 Å². The Morgan fingerprint density at radius 2 is 1.26 bits per heavy atom. The number of nitrogens with zero attached hydrogens (tertiary/aromatic N) is 3. The molecule has 0 atom stereocenters. The maximum atomic E-state index is 11.2. The first-order valence-corrected chi connectivity index (χ1v) is 12.8. The minimum Gasteiger partial charge on any atom is -0.863 e. The van der Waals surface area contributed by atoms with E-state index in [1.807, 2.05) is 12.1 Å². The van der Waals surface area contributed by atoms with Gasteiger partial charge < -0.3 is 9.84 Å². The summed E-state index contributed by atoms with van der Waals surface area (Å²) >= 11 is 0. The van der Waals surface area contributed by atoms with Gasteiger partial charge in [-0.2, -0.15) is 0 Å². The van der Waals surface area contributed by atoms with E-state index in [2.05, 4.69) is 32.9 Å². The Morgan fingerprint density at radius 3 is 1.59 bits per heavy atom. The second-order valence-electron chi connectivity index (χ2n) is 7.00. The fourth-order valence-corrected chi connectivity index (χ4v) is 6.43. The fourth-order valence-electron chi connectivity index (χ4n) is 3.21. The summed E-state index contributed by atoms with van der Waals surface area (Å²) in [7, 11) is -0.993. The number of non-ortho nitro benzene ring substituents is 1. The molecular weight excluding hydrogens is 469 g/mol. The monoisotopic (exact) mass is 495 g/mol. The lowest BCUT2D eigenvalue weighted by molar-refractivity contribution is -0.420. The zero-order valence-electron chi connectivity index (χ0n) is 19.3. The molecule has 2 aromatic rings. The molecule has 12 nitrogen and oxygen atoms in total. The van der Waals surface area contributed by atoms with Gasteiger partial charge in [0, 0.05) is 13.7 Å². The molecule has 0 aliphatic carbocycles. The van der Waals surface area contributed by atoms with Crippen LogP contribution in [-0.2, 0) is 4.79 Å². The van der Waals surface area contributed by atoms with E-state index >= 15 is 0 Å². The number of hydrogen-bond acceptors (Lipinski definition) is 9. The Balaban J connectivity index is 0.000000342. The van der Waals surface area contributed by atoms with Gasteiger partial charge in [0.1, 0.15) is 5.75 Å². The number of ether oxygens (including phenoxy) is 1. The highest BCUT2D eigenvalue weighted by Gasteiger charge is 2.33. The molecule has 34 heavy (non-hydrogen) atoms. The number of carbonyl (C=O) groups excluding carboxylic acids is 1. The summed E-state index contributed by atoms with van der Waals surface area (Å²) in [5.41, 5.74) is -3.26. The molecule has 2 rings (SSSR count). The maximum absolute atomic E-state index is 11.2. The third kappa shape index (κ3) is 6.92. The van der Waals surface area contributed by atoms with Gasteiger partial charge in [0.05, 0.1) is 56.4 Å². The Hall–Kier alpha value is -3.66. The van der Waals surface area contributed by atoms with E-state index in [1.165, 1.54) is 23.8 Å². The van der Waals surface area contributed by atoms with Crippen LogP contribution in [0.3, 0.4) is 0 Å². The molecule has 0 aliphatic rings. The molecule has 0 fully saturated rings. The summed E-state index contributed by atoms with van der Waals surface area (Å²) in [6, 6.07) is 8.91. The Bertz CT molecular complexity index is 1010. The molecule has 0 N–H and O–H groups in total. The number of carbonyl (C=O) groups is 1. The van der Waals surface area contributed by atoms with Crippen LogP contribution >= 0.6 is 7.26 Å². The van der Waals surface area contributed by atoms with Crippen molar-refractivity contribution in [3.8, 4) is 11.5 Å². The second-order valence-corrected chi connectivity index (χ2v) is 11.7. The molecule has 0 saturated heterocycles. The first kappa shape index (κ1) is 28.4. The van der Waals surface area contributed by atoms with Crippen LogP contribution in [0.25, 0.3) is 0 Å². The third-order valence-corrected chi connectivity index (χ3v) is 10.4. The molecule has 0 unspecified atom stereocenters. The van der Waals surface area contributed by atoms with Crippen molar-refractivity contribution >= 4 is 35.6 Å². The molecule has 0 radical (unpaired) electrons. The highest BCUT2D eigenvalue weighted by Crippen LogP contribution is 2.56. The van der Waals surface area contributed by atoms with Crippen LogP contribution in [0.2, 0.25) is 0 Å². The zero-order valence-corrected chi connectivity index (χ0v) is 20.2. The molecular formula is C21H26N3O9P. The van der Waals surface area contributed by atoms with Crippen molar-refractivity contribution in [1.29, 1.82) is 0 Å². The predicted molar refractivity (Wildman–Crippen MR) is 126 cm³/mol. The van der Waals surface area contributed by atoms with Crippen molar-refractivity contribution in [2.24, 2.45) is 0 Å². The number of rotatable bonds is 9. The standard InChI is InChI=1S/C15H24O2P.C6H3N3O7/c1-5-15(16)17-13-9-11-14(12-10-13)18(6-2,7-3)8-4;10-6-4(8(13)14)1-3(7(11)12)2-5(6)9(15)16/h9-12H,5-8H2,1-4H3;1-2,10H/q+1;/p-1. The molecule has 0 heterocycles. The van der Waals surface area contributed by atoms with E-state index < -0.39 is 44.8 Å². The number of esters is 1. The van der Waals surface area contributed by atoms with E-state index in [4.69, 9.17) is 4.74 Å². The van der Waals surface area contributed by atoms with Crippen molar-refractivity contribution in [3.05, 3.63) is 66.7 Å². The normalized spacial score (nSPS) is 10.6. The molecule has 2 aromatic carbocycles. The second kappa shape index (κ2) is 12.5. The molecule has 0 bridgehead atoms. The van der Waals surface area contributed by atoms with E-state index in [1.54, 1.807) is 6.92 Å². The average molecular weight is 495 g/mol. The summed E-state index contributed by atoms with van der Waals surface area (Å²) in [6.45, 7) is 8.65. The molecule has 0 aliphatic heterocycles. The Morgan fingerprint density at radius 1 is 0.824 bits per heavy atom. The van der Waals surface area contributed by atoms with Crippen molar-refractivity contribution < 1.29 is 29.4 Å². The summed E-state index contributed by atoms with van der Waals surface area (Å²) in [4.78, 5) is 38.7. The minimum atomic E-state index is -1.46. The SMILES string of the molecule is CCC(=O)Oc1ccc([P+](CC)(CC)CC)cc1.O=[N+]([O-])c1cc([N+](=O)[O-])c([O-])c([N+](=O)[O-])c1. The first-order chi connectivity index (χ1) is 16.0. The topological polar surface area (TPSA) is 179 Å². The van der Waals surface area contributed by atoms with E-state index in [0.717, 1.165) is 0 Å². The molecule has 0 saturated carbocycles. The largest absolute Gasteiger partial charge is 0.863 e. The lowest BCUT2D eigenvalue weighted by Gasteiger charge is -2.23. The highest BCUT2D eigenvalue weighted by atomic mass is 31.2. The lowest BCUT2D eigenvalue weighted by atomic mass is 10.2. The van der Waals surface area contributed by atoms with E-state index in [-0.39, 0.29) is 5.97 Å². The van der Waals surface area contributed by atoms with Crippen LogP contribution in [-0.4, -0.2) is 39.2 Å². The average Bonchev–Trinajstić information content (AvgIpc) is 2.81. The number of nitro benzene ring substituents is 3. The highest BCUT2D eigenvalue weighted by molar-refractivity contribution is 7.82. The summed E-state index contributed by atoms with van der Waals surface area (Å²) in [5.74, 6) is -0.974. The smallest absolute Gasteiger partial charge is 0.310 e. The number of nitro groups is 3. The predicted octanol–water partition coefficient (Wildman–Crippen LogP) is 4.19. The van der Waals surface area contributed by atoms with Crippen molar-refractivity contribution in [2.75, 3.05) is 18.5 Å². The molecule has 0 aromatic heterocycles. The van der Waals surface area contributed by atoms with Gasteiger partial charge in [-0.25, -0.2) is 0 Å².